The van der Waals surface area contributed by atoms with Gasteiger partial charge in [0.05, 0.1) is 15.8 Å². The molecule has 1 N–H and O–H groups in total. The molecule has 0 spiro atoms. The fraction of sp³-hybridized carbons (Fsp3) is 0.227. The van der Waals surface area contributed by atoms with Gasteiger partial charge in [-0.25, -0.2) is 9.07 Å². The minimum absolute atomic E-state index is 0.185. The number of amides is 1. The molecule has 4 rings (SSSR count). The van der Waals surface area contributed by atoms with Gasteiger partial charge in [0.15, 0.2) is 0 Å². The largest absolute Gasteiger partial charge is 0.350 e. The zero-order chi connectivity index (χ0) is 20.5. The first-order valence-corrected chi connectivity index (χ1v) is 10.2. The van der Waals surface area contributed by atoms with Gasteiger partial charge in [0, 0.05) is 16.6 Å². The van der Waals surface area contributed by atoms with E-state index in [0.29, 0.717) is 17.4 Å². The average molecular weight is 409 g/mol. The lowest BCUT2D eigenvalue weighted by atomic mass is 10.1. The van der Waals surface area contributed by atoms with Crippen molar-refractivity contribution in [2.45, 2.75) is 32.9 Å². The topological polar surface area (TPSA) is 64.0 Å². The van der Waals surface area contributed by atoms with Crippen molar-refractivity contribution in [2.75, 3.05) is 0 Å². The molecule has 0 unspecified atom stereocenters. The second kappa shape index (κ2) is 7.75. The number of aromatic nitrogens is 2. The number of carbonyl (C=O) groups excluding carboxylic acids is 1. The maximum atomic E-state index is 13.4. The first-order valence-electron chi connectivity index (χ1n) is 9.42. The van der Waals surface area contributed by atoms with Gasteiger partial charge in [0.25, 0.3) is 5.56 Å². The molecule has 0 saturated carbocycles. The number of thiophene rings is 1. The normalized spacial score (nSPS) is 12.4. The quantitative estimate of drug-likeness (QED) is 0.534. The van der Waals surface area contributed by atoms with Crippen LogP contribution in [0.4, 0.5) is 4.39 Å². The van der Waals surface area contributed by atoms with E-state index in [-0.39, 0.29) is 23.8 Å². The van der Waals surface area contributed by atoms with E-state index >= 15 is 0 Å². The smallest absolute Gasteiger partial charge is 0.276 e. The van der Waals surface area contributed by atoms with E-state index in [1.807, 2.05) is 38.1 Å². The van der Waals surface area contributed by atoms with Crippen LogP contribution < -0.4 is 10.9 Å². The van der Waals surface area contributed by atoms with E-state index in [9.17, 15) is 14.0 Å². The highest BCUT2D eigenvalue weighted by Gasteiger charge is 2.24. The Kier molecular flexibility index (Phi) is 5.15. The Morgan fingerprint density at radius 3 is 2.79 bits per heavy atom. The number of nitrogens with zero attached hydrogens (tertiary/aromatic N) is 2. The van der Waals surface area contributed by atoms with Crippen LogP contribution >= 0.6 is 11.3 Å². The van der Waals surface area contributed by atoms with Crippen molar-refractivity contribution in [3.8, 4) is 0 Å². The number of hydrogen-bond acceptors (Lipinski definition) is 4. The fourth-order valence-corrected chi connectivity index (χ4v) is 4.65. The molecular formula is C22H20FN3O2S. The van der Waals surface area contributed by atoms with E-state index in [4.69, 9.17) is 0 Å². The summed E-state index contributed by atoms with van der Waals surface area (Å²) in [4.78, 5) is 26.1. The van der Waals surface area contributed by atoms with Crippen LogP contribution in [0.1, 0.15) is 30.6 Å². The summed E-state index contributed by atoms with van der Waals surface area (Å²) in [5, 5.41) is 8.74. The summed E-state index contributed by atoms with van der Waals surface area (Å²) in [5.41, 5.74) is 1.11. The van der Waals surface area contributed by atoms with E-state index in [1.165, 1.54) is 28.2 Å². The van der Waals surface area contributed by atoms with E-state index in [0.717, 1.165) is 20.5 Å². The highest BCUT2D eigenvalue weighted by atomic mass is 32.1. The van der Waals surface area contributed by atoms with E-state index < -0.39 is 6.04 Å². The minimum Gasteiger partial charge on any atom is -0.350 e. The Labute approximate surface area is 170 Å². The summed E-state index contributed by atoms with van der Waals surface area (Å²) in [6.07, 6.45) is 0.412. The minimum atomic E-state index is -0.738. The third-order valence-electron chi connectivity index (χ3n) is 4.94. The predicted molar refractivity (Wildman–Crippen MR) is 114 cm³/mol. The zero-order valence-electron chi connectivity index (χ0n) is 16.1. The molecule has 5 nitrogen and oxygen atoms in total. The van der Waals surface area contributed by atoms with Gasteiger partial charge in [-0.1, -0.05) is 37.3 Å². The van der Waals surface area contributed by atoms with Crippen LogP contribution in [0.2, 0.25) is 0 Å². The zero-order valence-corrected chi connectivity index (χ0v) is 16.9. The van der Waals surface area contributed by atoms with Crippen LogP contribution in [0.5, 0.6) is 0 Å². The number of aryl methyl sites for hydroxylation is 1. The molecule has 1 amide bonds. The Bertz CT molecular complexity index is 1280. The Morgan fingerprint density at radius 2 is 2.03 bits per heavy atom. The first-order chi connectivity index (χ1) is 14.0. The summed E-state index contributed by atoms with van der Waals surface area (Å²) >= 11 is 1.54. The molecule has 0 radical (unpaired) electrons. The second-order valence-electron chi connectivity index (χ2n) is 6.91. The number of hydrogen-bond donors (Lipinski definition) is 1. The molecule has 0 aliphatic heterocycles. The summed E-state index contributed by atoms with van der Waals surface area (Å²) in [5.74, 6) is -0.670. The molecule has 0 aliphatic rings. The van der Waals surface area contributed by atoms with Gasteiger partial charge >= 0.3 is 0 Å². The Balaban J connectivity index is 1.71. The molecule has 0 bridgehead atoms. The highest BCUT2D eigenvalue weighted by molar-refractivity contribution is 7.26. The first kappa shape index (κ1) is 19.3. The van der Waals surface area contributed by atoms with Gasteiger partial charge < -0.3 is 5.32 Å². The van der Waals surface area contributed by atoms with Crippen molar-refractivity contribution in [1.29, 1.82) is 0 Å². The Hall–Kier alpha value is -3.06. The molecule has 2 aromatic heterocycles. The highest BCUT2D eigenvalue weighted by Crippen LogP contribution is 2.33. The number of fused-ring (bicyclic) bond motifs is 3. The van der Waals surface area contributed by atoms with Crippen molar-refractivity contribution in [3.05, 3.63) is 76.0 Å². The lowest BCUT2D eigenvalue weighted by Gasteiger charge is -2.17. The molecule has 1 atom stereocenters. The van der Waals surface area contributed by atoms with Crippen molar-refractivity contribution in [2.24, 2.45) is 0 Å². The van der Waals surface area contributed by atoms with Gasteiger partial charge in [0.1, 0.15) is 11.9 Å². The van der Waals surface area contributed by atoms with Crippen LogP contribution in [0, 0.1) is 12.7 Å². The molecule has 0 aliphatic carbocycles. The predicted octanol–water partition coefficient (Wildman–Crippen LogP) is 4.33. The third-order valence-corrected chi connectivity index (χ3v) is 6.22. The fourth-order valence-electron chi connectivity index (χ4n) is 3.51. The van der Waals surface area contributed by atoms with Crippen molar-refractivity contribution in [1.82, 2.24) is 15.1 Å². The molecule has 0 fully saturated rings. The maximum absolute atomic E-state index is 13.4. The maximum Gasteiger partial charge on any atom is 0.276 e. The Morgan fingerprint density at radius 1 is 1.24 bits per heavy atom. The van der Waals surface area contributed by atoms with Gasteiger partial charge in [-0.15, -0.1) is 11.3 Å². The van der Waals surface area contributed by atoms with Crippen LogP contribution in [-0.4, -0.2) is 15.7 Å². The van der Waals surface area contributed by atoms with Gasteiger partial charge in [0.2, 0.25) is 5.91 Å². The van der Waals surface area contributed by atoms with E-state index in [1.54, 1.807) is 12.1 Å². The molecule has 2 aromatic carbocycles. The average Bonchev–Trinajstić information content (AvgIpc) is 3.11. The van der Waals surface area contributed by atoms with Crippen molar-refractivity contribution in [3.63, 3.8) is 0 Å². The number of rotatable bonds is 5. The molecular weight excluding hydrogens is 389 g/mol. The lowest BCUT2D eigenvalue weighted by molar-refractivity contribution is -0.125. The molecule has 29 heavy (non-hydrogen) atoms. The molecule has 7 heteroatoms. The van der Waals surface area contributed by atoms with Gasteiger partial charge in [-0.2, -0.15) is 5.10 Å². The lowest BCUT2D eigenvalue weighted by Crippen LogP contribution is -2.38. The van der Waals surface area contributed by atoms with Crippen LogP contribution in [-0.2, 0) is 11.3 Å². The van der Waals surface area contributed by atoms with Gasteiger partial charge in [-0.3, -0.25) is 9.59 Å². The molecule has 148 valence electrons. The van der Waals surface area contributed by atoms with Crippen LogP contribution in [0.3, 0.4) is 0 Å². The summed E-state index contributed by atoms with van der Waals surface area (Å²) in [6, 6.07) is 13.1. The second-order valence-corrected chi connectivity index (χ2v) is 7.96. The van der Waals surface area contributed by atoms with Gasteiger partial charge in [-0.05, 0) is 37.1 Å². The summed E-state index contributed by atoms with van der Waals surface area (Å²) in [6.45, 7) is 3.88. The standard InChI is InChI=1S/C22H20FN3O2S/c1-3-17(21(27)24-12-14-7-6-8-15(23)11-14)26-22(28)19-16-9-4-5-10-18(16)29-20(19)13(2)25-26/h4-11,17H,3,12H2,1-2H3,(H,24,27)/t17-/m0/s1. The van der Waals surface area contributed by atoms with Crippen LogP contribution in [0.25, 0.3) is 20.2 Å². The number of halogens is 1. The monoisotopic (exact) mass is 409 g/mol. The third kappa shape index (κ3) is 3.53. The molecule has 2 heterocycles. The molecule has 4 aromatic rings. The summed E-state index contributed by atoms with van der Waals surface area (Å²) < 4.78 is 16.5. The van der Waals surface area contributed by atoms with Crippen LogP contribution in [0.15, 0.2) is 53.3 Å². The van der Waals surface area contributed by atoms with Crippen molar-refractivity contribution >= 4 is 37.4 Å². The number of carbonyl (C=O) groups is 1. The number of nitrogens with one attached hydrogen (secondary N) is 1. The molecule has 0 saturated heterocycles. The van der Waals surface area contributed by atoms with Crippen molar-refractivity contribution < 1.29 is 9.18 Å². The SMILES string of the molecule is CC[C@@H](C(=O)NCc1cccc(F)c1)n1nc(C)c2sc3ccccc3c2c1=O. The number of benzene rings is 2. The summed E-state index contributed by atoms with van der Waals surface area (Å²) in [7, 11) is 0. The van der Waals surface area contributed by atoms with E-state index in [2.05, 4.69) is 10.4 Å².